The van der Waals surface area contributed by atoms with E-state index in [1.54, 1.807) is 13.0 Å². The Kier molecular flexibility index (Phi) is 4.07. The van der Waals surface area contributed by atoms with Gasteiger partial charge in [0.1, 0.15) is 0 Å². The highest BCUT2D eigenvalue weighted by molar-refractivity contribution is 5.90. The van der Waals surface area contributed by atoms with Crippen LogP contribution in [0.2, 0.25) is 0 Å². The van der Waals surface area contributed by atoms with Crippen molar-refractivity contribution in [3.05, 3.63) is 24.0 Å². The lowest BCUT2D eigenvalue weighted by atomic mass is 10.2. The SMILES string of the molecule is CCOc1ccc(N(C)C(=O)NN)cc1F. The van der Waals surface area contributed by atoms with Crippen molar-refractivity contribution >= 4 is 11.7 Å². The smallest absolute Gasteiger partial charge is 0.335 e. The van der Waals surface area contributed by atoms with Gasteiger partial charge >= 0.3 is 6.03 Å². The summed E-state index contributed by atoms with van der Waals surface area (Å²) >= 11 is 0. The van der Waals surface area contributed by atoms with Crippen LogP contribution in [0.15, 0.2) is 18.2 Å². The molecule has 0 spiro atoms. The van der Waals surface area contributed by atoms with Gasteiger partial charge in [-0.05, 0) is 19.1 Å². The van der Waals surface area contributed by atoms with Crippen LogP contribution in [0.4, 0.5) is 14.9 Å². The van der Waals surface area contributed by atoms with Crippen LogP contribution >= 0.6 is 0 Å². The van der Waals surface area contributed by atoms with Gasteiger partial charge in [-0.1, -0.05) is 0 Å². The van der Waals surface area contributed by atoms with Crippen LogP contribution in [-0.2, 0) is 0 Å². The van der Waals surface area contributed by atoms with E-state index in [9.17, 15) is 9.18 Å². The standard InChI is InChI=1S/C10H14FN3O2/c1-3-16-9-5-4-7(6-8(9)11)14(2)10(15)13-12/h4-6H,3,12H2,1-2H3,(H,13,15). The van der Waals surface area contributed by atoms with E-state index in [0.29, 0.717) is 12.3 Å². The van der Waals surface area contributed by atoms with E-state index in [0.717, 1.165) is 0 Å². The molecule has 0 saturated heterocycles. The number of hydrogen-bond donors (Lipinski definition) is 2. The molecule has 0 aromatic heterocycles. The monoisotopic (exact) mass is 227 g/mol. The van der Waals surface area contributed by atoms with Gasteiger partial charge in [-0.15, -0.1) is 0 Å². The second-order valence-electron chi connectivity index (χ2n) is 3.06. The summed E-state index contributed by atoms with van der Waals surface area (Å²) in [4.78, 5) is 12.4. The van der Waals surface area contributed by atoms with E-state index < -0.39 is 11.8 Å². The number of urea groups is 1. The Labute approximate surface area is 93.0 Å². The van der Waals surface area contributed by atoms with Crippen LogP contribution in [0.3, 0.4) is 0 Å². The van der Waals surface area contributed by atoms with Crippen LogP contribution in [0.5, 0.6) is 5.75 Å². The Bertz CT molecular complexity index is 384. The molecule has 88 valence electrons. The van der Waals surface area contributed by atoms with Gasteiger partial charge in [0.05, 0.1) is 6.61 Å². The number of nitrogens with one attached hydrogen (secondary N) is 1. The third-order valence-electron chi connectivity index (χ3n) is 2.03. The van der Waals surface area contributed by atoms with Crippen LogP contribution in [0, 0.1) is 5.82 Å². The molecule has 0 bridgehead atoms. The number of amides is 2. The Morgan fingerprint density at radius 1 is 1.62 bits per heavy atom. The number of hydrazine groups is 1. The molecule has 0 aliphatic rings. The van der Waals surface area contributed by atoms with E-state index in [-0.39, 0.29) is 5.75 Å². The highest BCUT2D eigenvalue weighted by Crippen LogP contribution is 2.23. The number of benzene rings is 1. The molecule has 0 heterocycles. The number of hydrogen-bond acceptors (Lipinski definition) is 3. The van der Waals surface area contributed by atoms with Crippen molar-refractivity contribution in [1.82, 2.24) is 5.43 Å². The number of nitrogens with two attached hydrogens (primary N) is 1. The fourth-order valence-corrected chi connectivity index (χ4v) is 1.19. The number of carbonyl (C=O) groups excluding carboxylic acids is 1. The molecule has 0 atom stereocenters. The fraction of sp³-hybridized carbons (Fsp3) is 0.300. The Balaban J connectivity index is 2.92. The molecule has 1 rings (SSSR count). The lowest BCUT2D eigenvalue weighted by Crippen LogP contribution is -2.41. The lowest BCUT2D eigenvalue weighted by molar-refractivity contribution is 0.247. The molecule has 16 heavy (non-hydrogen) atoms. The maximum atomic E-state index is 13.5. The minimum Gasteiger partial charge on any atom is -0.491 e. The third kappa shape index (κ3) is 2.60. The molecule has 6 heteroatoms. The van der Waals surface area contributed by atoms with E-state index >= 15 is 0 Å². The van der Waals surface area contributed by atoms with Crippen molar-refractivity contribution in [2.45, 2.75) is 6.92 Å². The first-order valence-electron chi connectivity index (χ1n) is 4.76. The zero-order chi connectivity index (χ0) is 12.1. The average Bonchev–Trinajstić information content (AvgIpc) is 2.30. The first-order valence-corrected chi connectivity index (χ1v) is 4.76. The molecule has 1 aromatic rings. The summed E-state index contributed by atoms with van der Waals surface area (Å²) in [6.07, 6.45) is 0. The highest BCUT2D eigenvalue weighted by Gasteiger charge is 2.11. The first kappa shape index (κ1) is 12.3. The predicted molar refractivity (Wildman–Crippen MR) is 58.7 cm³/mol. The Hall–Kier alpha value is -1.82. The van der Waals surface area contributed by atoms with Gasteiger partial charge in [-0.25, -0.2) is 15.0 Å². The van der Waals surface area contributed by atoms with Gasteiger partial charge < -0.3 is 4.74 Å². The van der Waals surface area contributed by atoms with Crippen molar-refractivity contribution < 1.29 is 13.9 Å². The molecule has 0 saturated carbocycles. The fourth-order valence-electron chi connectivity index (χ4n) is 1.19. The number of carbonyl (C=O) groups is 1. The molecular weight excluding hydrogens is 213 g/mol. The quantitative estimate of drug-likeness (QED) is 0.464. The lowest BCUT2D eigenvalue weighted by Gasteiger charge is -2.17. The second-order valence-corrected chi connectivity index (χ2v) is 3.06. The zero-order valence-corrected chi connectivity index (χ0v) is 9.16. The molecule has 0 unspecified atom stereocenters. The largest absolute Gasteiger partial charge is 0.491 e. The summed E-state index contributed by atoms with van der Waals surface area (Å²) in [5, 5.41) is 0. The van der Waals surface area contributed by atoms with Gasteiger partial charge in [0.15, 0.2) is 11.6 Å². The van der Waals surface area contributed by atoms with Gasteiger partial charge in [-0.3, -0.25) is 10.3 Å². The Morgan fingerprint density at radius 3 is 2.81 bits per heavy atom. The highest BCUT2D eigenvalue weighted by atomic mass is 19.1. The maximum absolute atomic E-state index is 13.5. The summed E-state index contributed by atoms with van der Waals surface area (Å²) in [6.45, 7) is 2.15. The molecular formula is C10H14FN3O2. The van der Waals surface area contributed by atoms with Crippen molar-refractivity contribution in [1.29, 1.82) is 0 Å². The molecule has 2 amide bonds. The number of ether oxygens (including phenoxy) is 1. The third-order valence-corrected chi connectivity index (χ3v) is 2.03. The van der Waals surface area contributed by atoms with E-state index in [2.05, 4.69) is 0 Å². The van der Waals surface area contributed by atoms with Gasteiger partial charge in [0, 0.05) is 18.8 Å². The van der Waals surface area contributed by atoms with Crippen molar-refractivity contribution in [2.75, 3.05) is 18.6 Å². The summed E-state index contributed by atoms with van der Waals surface area (Å²) < 4.78 is 18.5. The van der Waals surface area contributed by atoms with Crippen LogP contribution in [0.1, 0.15) is 6.92 Å². The summed E-state index contributed by atoms with van der Waals surface area (Å²) in [7, 11) is 1.48. The van der Waals surface area contributed by atoms with E-state index in [1.807, 2.05) is 5.43 Å². The van der Waals surface area contributed by atoms with Crippen molar-refractivity contribution in [3.8, 4) is 5.75 Å². The molecule has 0 fully saturated rings. The number of nitrogens with zero attached hydrogens (tertiary/aromatic N) is 1. The van der Waals surface area contributed by atoms with Gasteiger partial charge in [-0.2, -0.15) is 0 Å². The van der Waals surface area contributed by atoms with Gasteiger partial charge in [0.25, 0.3) is 0 Å². The van der Waals surface area contributed by atoms with Crippen molar-refractivity contribution in [3.63, 3.8) is 0 Å². The number of anilines is 1. The molecule has 1 aromatic carbocycles. The molecule has 0 aliphatic heterocycles. The average molecular weight is 227 g/mol. The normalized spacial score (nSPS) is 9.75. The minimum atomic E-state index is -0.524. The van der Waals surface area contributed by atoms with Crippen LogP contribution in [0.25, 0.3) is 0 Å². The molecule has 0 aliphatic carbocycles. The van der Waals surface area contributed by atoms with Gasteiger partial charge in [0.2, 0.25) is 0 Å². The predicted octanol–water partition coefficient (Wildman–Crippen LogP) is 1.24. The van der Waals surface area contributed by atoms with Crippen LogP contribution < -0.4 is 20.9 Å². The van der Waals surface area contributed by atoms with E-state index in [1.165, 1.54) is 24.1 Å². The van der Waals surface area contributed by atoms with Crippen LogP contribution in [-0.4, -0.2) is 19.7 Å². The van der Waals surface area contributed by atoms with E-state index in [4.69, 9.17) is 10.6 Å². The minimum absolute atomic E-state index is 0.160. The zero-order valence-electron chi connectivity index (χ0n) is 9.16. The summed E-state index contributed by atoms with van der Waals surface area (Å²) in [5.74, 6) is 4.61. The number of rotatable bonds is 3. The summed E-state index contributed by atoms with van der Waals surface area (Å²) in [5.41, 5.74) is 2.35. The molecule has 5 nitrogen and oxygen atoms in total. The number of halogens is 1. The summed E-state index contributed by atoms with van der Waals surface area (Å²) in [6, 6.07) is 3.72. The maximum Gasteiger partial charge on any atom is 0.335 e. The first-order chi connectivity index (χ1) is 7.60. The molecule has 3 N–H and O–H groups in total. The Morgan fingerprint density at radius 2 is 2.31 bits per heavy atom. The molecule has 0 radical (unpaired) electrons. The van der Waals surface area contributed by atoms with Crippen molar-refractivity contribution in [2.24, 2.45) is 5.84 Å². The second kappa shape index (κ2) is 5.32. The topological polar surface area (TPSA) is 67.6 Å².